The van der Waals surface area contributed by atoms with E-state index < -0.39 is 35.9 Å². The molecule has 2 rings (SSSR count). The van der Waals surface area contributed by atoms with Crippen LogP contribution in [0.3, 0.4) is 0 Å². The summed E-state index contributed by atoms with van der Waals surface area (Å²) in [5.74, 6) is -2.33. The van der Waals surface area contributed by atoms with Crippen LogP contribution in [0.5, 0.6) is 0 Å². The van der Waals surface area contributed by atoms with Crippen LogP contribution in [0, 0.1) is 0 Å². The first-order chi connectivity index (χ1) is 14.4. The summed E-state index contributed by atoms with van der Waals surface area (Å²) < 4.78 is 0. The number of hydrogen-bond donors (Lipinski definition) is 7. The Morgan fingerprint density at radius 1 is 0.967 bits per heavy atom. The van der Waals surface area contributed by atoms with Crippen molar-refractivity contribution in [3.05, 3.63) is 36.4 Å². The lowest BCUT2D eigenvalue weighted by Crippen LogP contribution is -2.55. The molecule has 0 saturated carbocycles. The molecule has 0 aliphatic rings. The van der Waals surface area contributed by atoms with E-state index in [2.05, 4.69) is 30.6 Å². The lowest BCUT2D eigenvalue weighted by Gasteiger charge is -2.22. The second-order valence-corrected chi connectivity index (χ2v) is 6.88. The van der Waals surface area contributed by atoms with Gasteiger partial charge >= 0.3 is 5.97 Å². The number of hydrogen-bond acceptors (Lipinski definition) is 7. The van der Waals surface area contributed by atoms with E-state index in [9.17, 15) is 19.5 Å². The van der Waals surface area contributed by atoms with Crippen LogP contribution < -0.4 is 22.1 Å². The normalized spacial score (nSPS) is 13.9. The predicted octanol–water partition coefficient (Wildman–Crippen LogP) is -1.57. The molecule has 0 spiro atoms. The lowest BCUT2D eigenvalue weighted by atomic mass is 10.1. The van der Waals surface area contributed by atoms with E-state index >= 15 is 0 Å². The van der Waals surface area contributed by atoms with Gasteiger partial charge in [0.05, 0.1) is 30.1 Å². The standard InChI is InChI=1S/C18H28N8O4/c19-4-2-1-3-14(18(29)30)25-17(28)15(6-12-8-22-10-24-12)26-16(27)13(20)5-11-7-21-9-23-11/h7-10,13-15H,1-6,19-20H2,(H,21,23)(H,22,24)(H,25,28)(H,26,27)(H,29,30)/t13-,14-,15-/m0/s1. The monoisotopic (exact) mass is 420 g/mol. The molecule has 12 nitrogen and oxygen atoms in total. The first-order valence-electron chi connectivity index (χ1n) is 9.65. The number of nitrogens with two attached hydrogens (primary N) is 2. The number of nitrogens with zero attached hydrogens (tertiary/aromatic N) is 2. The minimum Gasteiger partial charge on any atom is -0.480 e. The minimum absolute atomic E-state index is 0.0747. The highest BCUT2D eigenvalue weighted by atomic mass is 16.4. The van der Waals surface area contributed by atoms with Crippen molar-refractivity contribution in [1.82, 2.24) is 30.6 Å². The van der Waals surface area contributed by atoms with Crippen molar-refractivity contribution in [2.75, 3.05) is 6.54 Å². The second-order valence-electron chi connectivity index (χ2n) is 6.88. The van der Waals surface area contributed by atoms with Gasteiger partial charge in [-0.1, -0.05) is 0 Å². The van der Waals surface area contributed by atoms with Gasteiger partial charge in [-0.25, -0.2) is 14.8 Å². The maximum absolute atomic E-state index is 12.8. The summed E-state index contributed by atoms with van der Waals surface area (Å²) in [4.78, 5) is 50.5. The molecule has 2 aromatic heterocycles. The van der Waals surface area contributed by atoms with Crippen LogP contribution in [0.4, 0.5) is 0 Å². The number of carbonyl (C=O) groups excluding carboxylic acids is 2. The first kappa shape index (κ1) is 23.0. The number of unbranched alkanes of at least 4 members (excludes halogenated alkanes) is 1. The van der Waals surface area contributed by atoms with Crippen LogP contribution in [0.2, 0.25) is 0 Å². The van der Waals surface area contributed by atoms with Gasteiger partial charge < -0.3 is 37.2 Å². The summed E-state index contributed by atoms with van der Waals surface area (Å²) >= 11 is 0. The number of imidazole rings is 2. The molecule has 9 N–H and O–H groups in total. The van der Waals surface area contributed by atoms with Gasteiger partial charge in [-0.2, -0.15) is 0 Å². The number of aliphatic carboxylic acids is 1. The van der Waals surface area contributed by atoms with Gasteiger partial charge in [0, 0.05) is 25.2 Å². The summed E-state index contributed by atoms with van der Waals surface area (Å²) in [5.41, 5.74) is 12.5. The molecule has 0 aromatic carbocycles. The van der Waals surface area contributed by atoms with Gasteiger partial charge in [-0.3, -0.25) is 9.59 Å². The number of carboxylic acid groups (broad SMARTS) is 1. The summed E-state index contributed by atoms with van der Waals surface area (Å²) in [6.45, 7) is 0.437. The van der Waals surface area contributed by atoms with Crippen LogP contribution in [0.1, 0.15) is 30.7 Å². The van der Waals surface area contributed by atoms with Crippen molar-refractivity contribution in [2.24, 2.45) is 11.5 Å². The molecule has 0 fully saturated rings. The third kappa shape index (κ3) is 7.29. The second kappa shape index (κ2) is 11.7. The molecular formula is C18H28N8O4. The molecule has 0 radical (unpaired) electrons. The maximum atomic E-state index is 12.8. The van der Waals surface area contributed by atoms with E-state index in [0.29, 0.717) is 30.8 Å². The van der Waals surface area contributed by atoms with E-state index in [4.69, 9.17) is 11.5 Å². The summed E-state index contributed by atoms with van der Waals surface area (Å²) in [7, 11) is 0. The quantitative estimate of drug-likeness (QED) is 0.188. The molecule has 30 heavy (non-hydrogen) atoms. The van der Waals surface area contributed by atoms with Crippen molar-refractivity contribution >= 4 is 17.8 Å². The largest absolute Gasteiger partial charge is 0.480 e. The smallest absolute Gasteiger partial charge is 0.326 e. The van der Waals surface area contributed by atoms with Crippen LogP contribution in [-0.2, 0) is 27.2 Å². The Labute approximate surface area is 173 Å². The fourth-order valence-corrected chi connectivity index (χ4v) is 2.84. The third-order valence-corrected chi connectivity index (χ3v) is 4.48. The van der Waals surface area contributed by atoms with E-state index in [1.54, 1.807) is 12.4 Å². The van der Waals surface area contributed by atoms with Gasteiger partial charge in [0.1, 0.15) is 12.1 Å². The van der Waals surface area contributed by atoms with E-state index in [1.807, 2.05) is 0 Å². The molecule has 3 atom stereocenters. The van der Waals surface area contributed by atoms with Gasteiger partial charge in [0.2, 0.25) is 11.8 Å². The zero-order chi connectivity index (χ0) is 21.9. The molecule has 0 bridgehead atoms. The van der Waals surface area contributed by atoms with Crippen LogP contribution >= 0.6 is 0 Å². The van der Waals surface area contributed by atoms with Crippen molar-refractivity contribution in [1.29, 1.82) is 0 Å². The molecule has 0 aliphatic heterocycles. The third-order valence-electron chi connectivity index (χ3n) is 4.48. The highest BCUT2D eigenvalue weighted by Crippen LogP contribution is 2.05. The number of nitrogens with one attached hydrogen (secondary N) is 4. The molecule has 12 heteroatoms. The van der Waals surface area contributed by atoms with Crippen molar-refractivity contribution < 1.29 is 19.5 Å². The predicted molar refractivity (Wildman–Crippen MR) is 107 cm³/mol. The Balaban J connectivity index is 2.04. The fourth-order valence-electron chi connectivity index (χ4n) is 2.84. The molecule has 0 unspecified atom stereocenters. The maximum Gasteiger partial charge on any atom is 0.326 e. The molecule has 2 aromatic rings. The van der Waals surface area contributed by atoms with Gasteiger partial charge in [-0.05, 0) is 25.8 Å². The van der Waals surface area contributed by atoms with E-state index in [0.717, 1.165) is 0 Å². The van der Waals surface area contributed by atoms with Crippen molar-refractivity contribution in [3.8, 4) is 0 Å². The van der Waals surface area contributed by atoms with Crippen LogP contribution in [0.15, 0.2) is 25.0 Å². The van der Waals surface area contributed by atoms with Crippen LogP contribution in [-0.4, -0.2) is 67.5 Å². The van der Waals surface area contributed by atoms with Gasteiger partial charge in [-0.15, -0.1) is 0 Å². The number of amides is 2. The number of carboxylic acids is 1. The Kier molecular flexibility index (Phi) is 8.97. The minimum atomic E-state index is -1.15. The Morgan fingerprint density at radius 2 is 1.57 bits per heavy atom. The molecule has 164 valence electrons. The van der Waals surface area contributed by atoms with Crippen molar-refractivity contribution in [3.63, 3.8) is 0 Å². The number of H-pyrrole nitrogens is 2. The Morgan fingerprint density at radius 3 is 2.10 bits per heavy atom. The topological polar surface area (TPSA) is 205 Å². The summed E-state index contributed by atoms with van der Waals surface area (Å²) in [5, 5.41) is 14.5. The average molecular weight is 420 g/mol. The highest BCUT2D eigenvalue weighted by Gasteiger charge is 2.28. The number of carbonyl (C=O) groups is 3. The lowest BCUT2D eigenvalue weighted by molar-refractivity contribution is -0.142. The van der Waals surface area contributed by atoms with E-state index in [-0.39, 0.29) is 19.3 Å². The zero-order valence-electron chi connectivity index (χ0n) is 16.5. The molecular weight excluding hydrogens is 392 g/mol. The fraction of sp³-hybridized carbons (Fsp3) is 0.500. The molecule has 0 saturated heterocycles. The Hall–Kier alpha value is -3.25. The van der Waals surface area contributed by atoms with Gasteiger partial charge in [0.15, 0.2) is 0 Å². The average Bonchev–Trinajstić information content (AvgIpc) is 3.40. The van der Waals surface area contributed by atoms with E-state index in [1.165, 1.54) is 12.7 Å². The molecule has 2 amide bonds. The van der Waals surface area contributed by atoms with Crippen molar-refractivity contribution in [2.45, 2.75) is 50.2 Å². The SMILES string of the molecule is NCCCC[C@H](NC(=O)[C@H](Cc1c[nH]cn1)NC(=O)[C@@H](N)Cc1c[nH]cn1)C(=O)O. The number of aromatic amines is 2. The Bertz CT molecular complexity index is 793. The van der Waals surface area contributed by atoms with Crippen LogP contribution in [0.25, 0.3) is 0 Å². The highest BCUT2D eigenvalue weighted by molar-refractivity contribution is 5.92. The zero-order valence-corrected chi connectivity index (χ0v) is 16.5. The summed E-state index contributed by atoms with van der Waals surface area (Å²) in [6, 6.07) is -3.05. The summed E-state index contributed by atoms with van der Waals surface area (Å²) in [6.07, 6.45) is 7.83. The molecule has 2 heterocycles. The molecule has 0 aliphatic carbocycles. The number of aromatic nitrogens is 4. The number of rotatable bonds is 13. The first-order valence-corrected chi connectivity index (χ1v) is 9.65. The van der Waals surface area contributed by atoms with Gasteiger partial charge in [0.25, 0.3) is 0 Å².